The first-order valence-electron chi connectivity index (χ1n) is 7.83. The maximum absolute atomic E-state index is 12.6. The van der Waals surface area contributed by atoms with Gasteiger partial charge in [0.25, 0.3) is 11.5 Å². The third-order valence-corrected chi connectivity index (χ3v) is 4.24. The van der Waals surface area contributed by atoms with E-state index in [0.29, 0.717) is 6.54 Å². The fraction of sp³-hybridized carbons (Fsp3) is 0.278. The van der Waals surface area contributed by atoms with Gasteiger partial charge in [-0.1, -0.05) is 17.7 Å². The molecule has 1 unspecified atom stereocenters. The van der Waals surface area contributed by atoms with Gasteiger partial charge in [-0.15, -0.1) is 0 Å². The summed E-state index contributed by atoms with van der Waals surface area (Å²) in [5.74, 6) is -0.570. The number of hydrogen-bond acceptors (Lipinski definition) is 3. The Morgan fingerprint density at radius 1 is 1.17 bits per heavy atom. The Morgan fingerprint density at radius 2 is 1.88 bits per heavy atom. The maximum Gasteiger partial charge on any atom is 0.260 e. The van der Waals surface area contributed by atoms with Crippen LogP contribution in [0.5, 0.6) is 0 Å². The van der Waals surface area contributed by atoms with Crippen molar-refractivity contribution in [3.63, 3.8) is 0 Å². The fourth-order valence-corrected chi connectivity index (χ4v) is 2.84. The summed E-state index contributed by atoms with van der Waals surface area (Å²) in [5.41, 5.74) is 1.56. The molecule has 1 aromatic carbocycles. The first kappa shape index (κ1) is 16.0. The number of aryl methyl sites for hydroxylation is 1. The van der Waals surface area contributed by atoms with Gasteiger partial charge < -0.3 is 14.8 Å². The molecule has 2 aromatic rings. The number of anilines is 1. The van der Waals surface area contributed by atoms with Gasteiger partial charge >= 0.3 is 0 Å². The van der Waals surface area contributed by atoms with Crippen molar-refractivity contribution in [2.45, 2.75) is 19.9 Å². The summed E-state index contributed by atoms with van der Waals surface area (Å²) in [6.45, 7) is 4.23. The topological polar surface area (TPSA) is 73.5 Å². The number of H-pyrrole nitrogens is 1. The van der Waals surface area contributed by atoms with Gasteiger partial charge in [0.2, 0.25) is 5.91 Å². The number of aromatic amines is 1. The molecule has 6 nitrogen and oxygen atoms in total. The number of carbonyl (C=O) groups is 2. The van der Waals surface area contributed by atoms with Crippen molar-refractivity contribution in [1.82, 2.24) is 9.88 Å². The minimum absolute atomic E-state index is 0.0395. The van der Waals surface area contributed by atoms with Crippen LogP contribution in [0.15, 0.2) is 47.4 Å². The molecule has 0 spiro atoms. The molecule has 0 saturated carbocycles. The van der Waals surface area contributed by atoms with Crippen molar-refractivity contribution in [1.29, 1.82) is 0 Å². The number of carbonyl (C=O) groups excluding carboxylic acids is 2. The van der Waals surface area contributed by atoms with E-state index in [9.17, 15) is 14.4 Å². The Hall–Kier alpha value is -2.89. The molecule has 1 fully saturated rings. The third-order valence-electron chi connectivity index (χ3n) is 4.24. The van der Waals surface area contributed by atoms with E-state index in [1.807, 2.05) is 38.1 Å². The second-order valence-corrected chi connectivity index (χ2v) is 6.03. The van der Waals surface area contributed by atoms with Crippen LogP contribution in [0, 0.1) is 6.92 Å². The Balaban J connectivity index is 1.82. The van der Waals surface area contributed by atoms with Crippen LogP contribution in [0.4, 0.5) is 5.69 Å². The molecule has 6 heteroatoms. The van der Waals surface area contributed by atoms with Gasteiger partial charge in [-0.2, -0.15) is 0 Å². The van der Waals surface area contributed by atoms with E-state index in [0.717, 1.165) is 11.3 Å². The summed E-state index contributed by atoms with van der Waals surface area (Å²) in [6, 6.07) is 10.6. The highest BCUT2D eigenvalue weighted by atomic mass is 16.2. The average Bonchev–Trinajstić information content (AvgIpc) is 2.57. The van der Waals surface area contributed by atoms with Crippen molar-refractivity contribution < 1.29 is 9.59 Å². The highest BCUT2D eigenvalue weighted by molar-refractivity contribution is 6.01. The number of rotatable bonds is 2. The second-order valence-electron chi connectivity index (χ2n) is 6.03. The number of nitrogens with one attached hydrogen (secondary N) is 1. The lowest BCUT2D eigenvalue weighted by molar-refractivity contribution is -0.121. The van der Waals surface area contributed by atoms with E-state index in [1.165, 1.54) is 17.2 Å². The van der Waals surface area contributed by atoms with E-state index < -0.39 is 11.5 Å². The summed E-state index contributed by atoms with van der Waals surface area (Å²) in [4.78, 5) is 42.5. The predicted octanol–water partition coefficient (Wildman–Crippen LogP) is 1.56. The molecule has 0 bridgehead atoms. The predicted molar refractivity (Wildman–Crippen MR) is 91.1 cm³/mol. The minimum Gasteiger partial charge on any atom is -0.328 e. The molecular formula is C18H19N3O3. The summed E-state index contributed by atoms with van der Waals surface area (Å²) in [7, 11) is 0. The third kappa shape index (κ3) is 2.95. The van der Waals surface area contributed by atoms with E-state index in [4.69, 9.17) is 0 Å². The zero-order valence-electron chi connectivity index (χ0n) is 13.7. The molecule has 0 aliphatic carbocycles. The molecule has 2 heterocycles. The average molecular weight is 325 g/mol. The van der Waals surface area contributed by atoms with Gasteiger partial charge in [0.05, 0.1) is 0 Å². The Bertz CT molecular complexity index is 826. The Labute approximate surface area is 139 Å². The van der Waals surface area contributed by atoms with Crippen LogP contribution in [-0.4, -0.2) is 40.8 Å². The standard InChI is InChI=1S/C18H19N3O3/c1-12-5-7-14(8-6-12)21-10-13(2)20(11-16(21)22)18(24)15-4-3-9-19-17(15)23/h3-9,13H,10-11H2,1-2H3,(H,19,23). The van der Waals surface area contributed by atoms with E-state index in [-0.39, 0.29) is 24.1 Å². The number of aromatic nitrogens is 1. The Kier molecular flexibility index (Phi) is 4.20. The molecule has 1 atom stereocenters. The molecule has 3 rings (SSSR count). The van der Waals surface area contributed by atoms with Crippen molar-refractivity contribution in [2.24, 2.45) is 0 Å². The monoisotopic (exact) mass is 325 g/mol. The second kappa shape index (κ2) is 6.31. The van der Waals surface area contributed by atoms with Crippen LogP contribution in [-0.2, 0) is 4.79 Å². The molecule has 0 radical (unpaired) electrons. The summed E-state index contributed by atoms with van der Waals surface area (Å²) in [6.07, 6.45) is 1.48. The van der Waals surface area contributed by atoms with Gasteiger partial charge in [0.15, 0.2) is 0 Å². The van der Waals surface area contributed by atoms with Crippen LogP contribution < -0.4 is 10.5 Å². The minimum atomic E-state index is -0.442. The molecule has 124 valence electrons. The van der Waals surface area contributed by atoms with Crippen LogP contribution in [0.25, 0.3) is 0 Å². The smallest absolute Gasteiger partial charge is 0.260 e. The van der Waals surface area contributed by atoms with Gasteiger partial charge in [0.1, 0.15) is 12.1 Å². The number of pyridine rings is 1. The van der Waals surface area contributed by atoms with E-state index >= 15 is 0 Å². The molecule has 1 N–H and O–H groups in total. The van der Waals surface area contributed by atoms with Crippen molar-refractivity contribution in [3.05, 3.63) is 64.1 Å². The first-order chi connectivity index (χ1) is 11.5. The van der Waals surface area contributed by atoms with Crippen molar-refractivity contribution in [3.8, 4) is 0 Å². The number of piperazine rings is 1. The van der Waals surface area contributed by atoms with E-state index in [2.05, 4.69) is 4.98 Å². The van der Waals surface area contributed by atoms with Gasteiger partial charge in [-0.25, -0.2) is 0 Å². The highest BCUT2D eigenvalue weighted by Crippen LogP contribution is 2.21. The maximum atomic E-state index is 12.6. The summed E-state index contributed by atoms with van der Waals surface area (Å²) >= 11 is 0. The molecule has 1 saturated heterocycles. The largest absolute Gasteiger partial charge is 0.328 e. The van der Waals surface area contributed by atoms with Crippen molar-refractivity contribution in [2.75, 3.05) is 18.0 Å². The number of amides is 2. The normalized spacial score (nSPS) is 17.9. The lowest BCUT2D eigenvalue weighted by atomic mass is 10.1. The molecule has 1 aromatic heterocycles. The number of benzene rings is 1. The lowest BCUT2D eigenvalue weighted by Crippen LogP contribution is -2.57. The van der Waals surface area contributed by atoms with E-state index in [1.54, 1.807) is 11.0 Å². The molecule has 2 amide bonds. The summed E-state index contributed by atoms with van der Waals surface area (Å²) in [5, 5.41) is 0. The van der Waals surface area contributed by atoms with Crippen LogP contribution in [0.1, 0.15) is 22.8 Å². The number of hydrogen-bond donors (Lipinski definition) is 1. The van der Waals surface area contributed by atoms with Crippen LogP contribution in [0.2, 0.25) is 0 Å². The number of nitrogens with zero attached hydrogens (tertiary/aromatic N) is 2. The SMILES string of the molecule is Cc1ccc(N2CC(C)N(C(=O)c3ccc[nH]c3=O)CC2=O)cc1. The van der Waals surface area contributed by atoms with Gasteiger partial charge in [-0.3, -0.25) is 14.4 Å². The molecule has 1 aliphatic rings. The quantitative estimate of drug-likeness (QED) is 0.911. The van der Waals surface area contributed by atoms with Crippen LogP contribution in [0.3, 0.4) is 0 Å². The zero-order chi connectivity index (χ0) is 17.3. The summed E-state index contributed by atoms with van der Waals surface area (Å²) < 4.78 is 0. The Morgan fingerprint density at radius 3 is 2.54 bits per heavy atom. The molecule has 24 heavy (non-hydrogen) atoms. The van der Waals surface area contributed by atoms with Crippen LogP contribution >= 0.6 is 0 Å². The van der Waals surface area contributed by atoms with Gasteiger partial charge in [-0.05, 0) is 38.1 Å². The lowest BCUT2D eigenvalue weighted by Gasteiger charge is -2.39. The first-order valence-corrected chi connectivity index (χ1v) is 7.83. The van der Waals surface area contributed by atoms with Gasteiger partial charge in [0, 0.05) is 24.5 Å². The fourth-order valence-electron chi connectivity index (χ4n) is 2.84. The molecular weight excluding hydrogens is 306 g/mol. The van der Waals surface area contributed by atoms with Crippen molar-refractivity contribution >= 4 is 17.5 Å². The molecule has 1 aliphatic heterocycles. The zero-order valence-corrected chi connectivity index (χ0v) is 13.7. The highest BCUT2D eigenvalue weighted by Gasteiger charge is 2.34.